The largest absolute Gasteiger partial charge is 0.332 e. The van der Waals surface area contributed by atoms with Crippen molar-refractivity contribution in [1.29, 1.82) is 0 Å². The van der Waals surface area contributed by atoms with E-state index in [0.29, 0.717) is 21.4 Å². The molecular formula is C14H11Cl2N3O2S. The van der Waals surface area contributed by atoms with Gasteiger partial charge in [-0.2, -0.15) is 0 Å². The van der Waals surface area contributed by atoms with E-state index >= 15 is 0 Å². The number of halogens is 2. The first kappa shape index (κ1) is 16.5. The van der Waals surface area contributed by atoms with Crippen LogP contribution in [0.1, 0.15) is 5.56 Å². The number of hydrogen-bond acceptors (Lipinski definition) is 3. The lowest BCUT2D eigenvalue weighted by atomic mass is 10.2. The summed E-state index contributed by atoms with van der Waals surface area (Å²) in [5, 5.41) is 17.7. The van der Waals surface area contributed by atoms with Crippen LogP contribution in [0, 0.1) is 17.0 Å². The molecular weight excluding hydrogens is 345 g/mol. The van der Waals surface area contributed by atoms with Gasteiger partial charge in [0.05, 0.1) is 20.7 Å². The molecule has 0 saturated heterocycles. The number of aryl methyl sites for hydroxylation is 1. The average Bonchev–Trinajstić information content (AvgIpc) is 2.46. The molecule has 114 valence electrons. The van der Waals surface area contributed by atoms with Crippen LogP contribution in [0.15, 0.2) is 36.4 Å². The highest BCUT2D eigenvalue weighted by Crippen LogP contribution is 2.30. The summed E-state index contributed by atoms with van der Waals surface area (Å²) in [5.74, 6) is 0. The zero-order chi connectivity index (χ0) is 16.3. The van der Waals surface area contributed by atoms with Gasteiger partial charge in [-0.25, -0.2) is 0 Å². The van der Waals surface area contributed by atoms with Gasteiger partial charge in [-0.1, -0.05) is 35.3 Å². The quantitative estimate of drug-likeness (QED) is 0.459. The summed E-state index contributed by atoms with van der Waals surface area (Å²) in [5.41, 5.74) is 1.91. The van der Waals surface area contributed by atoms with Crippen LogP contribution in [0.3, 0.4) is 0 Å². The summed E-state index contributed by atoms with van der Waals surface area (Å²) in [6.07, 6.45) is 0. The molecule has 0 aliphatic heterocycles. The van der Waals surface area contributed by atoms with Crippen LogP contribution in [-0.4, -0.2) is 10.0 Å². The predicted octanol–water partition coefficient (Wildman–Crippen LogP) is 5.02. The maximum Gasteiger partial charge on any atom is 0.271 e. The van der Waals surface area contributed by atoms with E-state index in [2.05, 4.69) is 10.6 Å². The molecule has 0 fully saturated rings. The van der Waals surface area contributed by atoms with E-state index in [-0.39, 0.29) is 10.8 Å². The Kier molecular flexibility index (Phi) is 5.18. The van der Waals surface area contributed by atoms with Gasteiger partial charge >= 0.3 is 0 Å². The fourth-order valence-electron chi connectivity index (χ4n) is 1.73. The lowest BCUT2D eigenvalue weighted by molar-refractivity contribution is -0.384. The number of nitro benzene ring substituents is 1. The van der Waals surface area contributed by atoms with Gasteiger partial charge in [-0.15, -0.1) is 0 Å². The summed E-state index contributed by atoms with van der Waals surface area (Å²) >= 11 is 17.2. The summed E-state index contributed by atoms with van der Waals surface area (Å²) in [4.78, 5) is 10.4. The molecule has 2 aromatic rings. The van der Waals surface area contributed by atoms with Gasteiger partial charge in [-0.05, 0) is 36.8 Å². The Labute approximate surface area is 142 Å². The van der Waals surface area contributed by atoms with Gasteiger partial charge in [0.25, 0.3) is 5.69 Å². The van der Waals surface area contributed by atoms with Crippen LogP contribution >= 0.6 is 35.4 Å². The van der Waals surface area contributed by atoms with Crippen LogP contribution < -0.4 is 10.6 Å². The summed E-state index contributed by atoms with van der Waals surface area (Å²) in [6.45, 7) is 1.82. The first-order chi connectivity index (χ1) is 10.4. The molecule has 0 unspecified atom stereocenters. The Hall–Kier alpha value is -1.89. The Morgan fingerprint density at radius 3 is 2.55 bits per heavy atom. The molecule has 0 atom stereocenters. The molecule has 0 aliphatic rings. The minimum atomic E-state index is -0.463. The number of non-ortho nitro benzene ring substituents is 1. The number of rotatable bonds is 3. The van der Waals surface area contributed by atoms with Crippen molar-refractivity contribution in [2.75, 3.05) is 10.6 Å². The van der Waals surface area contributed by atoms with Gasteiger partial charge in [0.2, 0.25) is 0 Å². The fourth-order valence-corrected chi connectivity index (χ4v) is 2.30. The molecule has 0 spiro atoms. The summed E-state index contributed by atoms with van der Waals surface area (Å²) in [7, 11) is 0. The Balaban J connectivity index is 2.17. The van der Waals surface area contributed by atoms with E-state index in [1.54, 1.807) is 24.3 Å². The minimum Gasteiger partial charge on any atom is -0.332 e. The van der Waals surface area contributed by atoms with Gasteiger partial charge < -0.3 is 10.6 Å². The van der Waals surface area contributed by atoms with Crippen molar-refractivity contribution in [3.8, 4) is 0 Å². The smallest absolute Gasteiger partial charge is 0.271 e. The molecule has 0 heterocycles. The number of thiocarbonyl (C=S) groups is 1. The zero-order valence-electron chi connectivity index (χ0n) is 11.4. The third-order valence-corrected chi connectivity index (χ3v) is 3.90. The second-order valence-electron chi connectivity index (χ2n) is 4.44. The molecule has 5 nitrogen and oxygen atoms in total. The summed E-state index contributed by atoms with van der Waals surface area (Å²) in [6, 6.07) is 9.62. The maximum atomic E-state index is 10.8. The number of nitrogens with one attached hydrogen (secondary N) is 2. The molecule has 2 rings (SSSR count). The van der Waals surface area contributed by atoms with Gasteiger partial charge in [-0.3, -0.25) is 10.1 Å². The molecule has 0 saturated carbocycles. The van der Waals surface area contributed by atoms with Crippen molar-refractivity contribution in [3.63, 3.8) is 0 Å². The van der Waals surface area contributed by atoms with E-state index in [1.165, 1.54) is 12.1 Å². The minimum absolute atomic E-state index is 0.0170. The third-order valence-electron chi connectivity index (χ3n) is 2.88. The molecule has 0 amide bonds. The van der Waals surface area contributed by atoms with E-state index in [1.807, 2.05) is 6.92 Å². The molecule has 0 radical (unpaired) electrons. The molecule has 0 bridgehead atoms. The number of anilines is 2. The van der Waals surface area contributed by atoms with Crippen LogP contribution in [0.4, 0.5) is 17.1 Å². The normalized spacial score (nSPS) is 10.1. The highest BCUT2D eigenvalue weighted by molar-refractivity contribution is 7.80. The highest BCUT2D eigenvalue weighted by atomic mass is 35.5. The number of benzene rings is 2. The Morgan fingerprint density at radius 2 is 1.86 bits per heavy atom. The highest BCUT2D eigenvalue weighted by Gasteiger charge is 2.11. The first-order valence-corrected chi connectivity index (χ1v) is 7.32. The topological polar surface area (TPSA) is 67.2 Å². The van der Waals surface area contributed by atoms with Crippen molar-refractivity contribution in [1.82, 2.24) is 0 Å². The predicted molar refractivity (Wildman–Crippen MR) is 94.1 cm³/mol. The van der Waals surface area contributed by atoms with Crippen molar-refractivity contribution in [3.05, 3.63) is 62.1 Å². The third kappa shape index (κ3) is 3.85. The van der Waals surface area contributed by atoms with E-state index in [4.69, 9.17) is 35.4 Å². The lowest BCUT2D eigenvalue weighted by Gasteiger charge is -2.13. The fraction of sp³-hybridized carbons (Fsp3) is 0.0714. The van der Waals surface area contributed by atoms with E-state index in [9.17, 15) is 10.1 Å². The number of nitro groups is 1. The summed E-state index contributed by atoms with van der Waals surface area (Å²) < 4.78 is 0. The van der Waals surface area contributed by atoms with Crippen LogP contribution in [0.25, 0.3) is 0 Å². The van der Waals surface area contributed by atoms with Crippen LogP contribution in [0.2, 0.25) is 10.0 Å². The van der Waals surface area contributed by atoms with Crippen molar-refractivity contribution < 1.29 is 4.92 Å². The average molecular weight is 356 g/mol. The monoisotopic (exact) mass is 355 g/mol. The molecule has 0 aromatic heterocycles. The maximum absolute atomic E-state index is 10.8. The molecule has 8 heteroatoms. The van der Waals surface area contributed by atoms with Crippen molar-refractivity contribution >= 4 is 57.6 Å². The standard InChI is InChI=1S/C14H11Cl2N3O2S/c1-8-5-6-9(19(20)21)7-12(8)18-14(22)17-11-4-2-3-10(15)13(11)16/h2-7H,1H3,(H2,17,18,22). The van der Waals surface area contributed by atoms with Crippen LogP contribution in [0.5, 0.6) is 0 Å². The first-order valence-electron chi connectivity index (χ1n) is 6.15. The zero-order valence-corrected chi connectivity index (χ0v) is 13.7. The SMILES string of the molecule is Cc1ccc([N+](=O)[O-])cc1NC(=S)Nc1cccc(Cl)c1Cl. The van der Waals surface area contributed by atoms with Crippen molar-refractivity contribution in [2.45, 2.75) is 6.92 Å². The molecule has 22 heavy (non-hydrogen) atoms. The lowest BCUT2D eigenvalue weighted by Crippen LogP contribution is -2.20. The van der Waals surface area contributed by atoms with E-state index < -0.39 is 4.92 Å². The second kappa shape index (κ2) is 6.91. The van der Waals surface area contributed by atoms with E-state index in [0.717, 1.165) is 5.56 Å². The second-order valence-corrected chi connectivity index (χ2v) is 5.63. The number of hydrogen-bond donors (Lipinski definition) is 2. The molecule has 0 aliphatic carbocycles. The Morgan fingerprint density at radius 1 is 1.18 bits per heavy atom. The van der Waals surface area contributed by atoms with Crippen LogP contribution in [-0.2, 0) is 0 Å². The van der Waals surface area contributed by atoms with Gasteiger partial charge in [0.1, 0.15) is 0 Å². The van der Waals surface area contributed by atoms with Gasteiger partial charge in [0.15, 0.2) is 5.11 Å². The van der Waals surface area contributed by atoms with Crippen molar-refractivity contribution in [2.24, 2.45) is 0 Å². The molecule has 2 aromatic carbocycles. The Bertz CT molecular complexity index is 753. The molecule has 2 N–H and O–H groups in total. The number of nitrogens with zero attached hydrogens (tertiary/aromatic N) is 1. The van der Waals surface area contributed by atoms with Gasteiger partial charge in [0, 0.05) is 17.8 Å².